The molecule has 4 bridgehead atoms. The van der Waals surface area contributed by atoms with E-state index in [-0.39, 0.29) is 5.82 Å². The molecule has 4 aliphatic carbocycles. The zero-order valence-electron chi connectivity index (χ0n) is 14.8. The first-order valence-corrected chi connectivity index (χ1v) is 10.1. The molecule has 4 fully saturated rings. The molecule has 1 nitrogen and oxygen atoms in total. The van der Waals surface area contributed by atoms with E-state index in [1.807, 2.05) is 0 Å². The van der Waals surface area contributed by atoms with Crippen molar-refractivity contribution in [1.29, 1.82) is 0 Å². The lowest BCUT2D eigenvalue weighted by molar-refractivity contribution is -0.00518. The maximum Gasteiger partial charge on any atom is 0.133 e. The van der Waals surface area contributed by atoms with Crippen molar-refractivity contribution in [1.82, 2.24) is 0 Å². The molecule has 0 aromatic heterocycles. The number of aliphatic imine (C=N–C) groups is 1. The molecule has 0 N–H and O–H groups in total. The number of hydrogen-bond acceptors (Lipinski definition) is 1. The van der Waals surface area contributed by atoms with Crippen LogP contribution in [0.4, 0.5) is 10.1 Å². The van der Waals surface area contributed by atoms with E-state index in [1.54, 1.807) is 12.1 Å². The summed E-state index contributed by atoms with van der Waals surface area (Å²) in [5.41, 5.74) is 3.09. The molecule has 0 amide bonds. The number of benzene rings is 2. The Kier molecular flexibility index (Phi) is 3.93. The Bertz CT molecular complexity index is 799. The summed E-state index contributed by atoms with van der Waals surface area (Å²) < 4.78 is 13.9. The molecule has 2 aromatic rings. The van der Waals surface area contributed by atoms with Crippen LogP contribution in [0.25, 0.3) is 0 Å². The quantitative estimate of drug-likeness (QED) is 0.535. The summed E-state index contributed by atoms with van der Waals surface area (Å²) in [5, 5.41) is 0.388. The molecule has 0 unspecified atom stereocenters. The molecular weight excluding hydrogens is 345 g/mol. The molecule has 134 valence electrons. The maximum absolute atomic E-state index is 13.9. The molecule has 4 aliphatic rings. The Morgan fingerprint density at radius 1 is 0.923 bits per heavy atom. The summed E-state index contributed by atoms with van der Waals surface area (Å²) in [4.78, 5) is 4.44. The van der Waals surface area contributed by atoms with Gasteiger partial charge in [-0.2, -0.15) is 0 Å². The van der Waals surface area contributed by atoms with E-state index in [2.05, 4.69) is 29.3 Å². The van der Waals surface area contributed by atoms with Gasteiger partial charge in [0.2, 0.25) is 0 Å². The Hall–Kier alpha value is -1.67. The van der Waals surface area contributed by atoms with Gasteiger partial charge in [0.05, 0.1) is 10.7 Å². The van der Waals surface area contributed by atoms with E-state index in [9.17, 15) is 4.39 Å². The van der Waals surface area contributed by atoms with Crippen LogP contribution in [0.3, 0.4) is 0 Å². The van der Waals surface area contributed by atoms with Gasteiger partial charge in [0.15, 0.2) is 0 Å². The van der Waals surface area contributed by atoms with Crippen LogP contribution < -0.4 is 0 Å². The largest absolute Gasteiger partial charge is 0.256 e. The van der Waals surface area contributed by atoms with Crippen LogP contribution in [0.1, 0.15) is 49.7 Å². The van der Waals surface area contributed by atoms with Gasteiger partial charge in [-0.15, -0.1) is 0 Å². The van der Waals surface area contributed by atoms with Crippen LogP contribution in [0, 0.1) is 23.6 Å². The first-order valence-electron chi connectivity index (χ1n) is 9.70. The fraction of sp³-hybridized carbons (Fsp3) is 0.435. The summed E-state index contributed by atoms with van der Waals surface area (Å²) in [5.74, 6) is 2.50. The molecule has 0 radical (unpaired) electrons. The van der Waals surface area contributed by atoms with Gasteiger partial charge in [-0.25, -0.2) is 4.39 Å². The predicted octanol–water partition coefficient (Wildman–Crippen LogP) is 6.70. The van der Waals surface area contributed by atoms with Gasteiger partial charge in [0.1, 0.15) is 5.82 Å². The Morgan fingerprint density at radius 2 is 1.54 bits per heavy atom. The fourth-order valence-corrected chi connectivity index (χ4v) is 6.35. The van der Waals surface area contributed by atoms with Gasteiger partial charge in [-0.05, 0) is 91.5 Å². The Morgan fingerprint density at radius 3 is 2.12 bits per heavy atom. The first-order chi connectivity index (χ1) is 12.6. The summed E-state index contributed by atoms with van der Waals surface area (Å²) in [6, 6.07) is 13.3. The molecule has 26 heavy (non-hydrogen) atoms. The van der Waals surface area contributed by atoms with Gasteiger partial charge < -0.3 is 0 Å². The van der Waals surface area contributed by atoms with Crippen molar-refractivity contribution in [2.45, 2.75) is 43.9 Å². The third-order valence-electron chi connectivity index (χ3n) is 6.86. The molecule has 0 spiro atoms. The zero-order chi connectivity index (χ0) is 17.7. The van der Waals surface area contributed by atoms with Crippen LogP contribution in [0.5, 0.6) is 0 Å². The van der Waals surface area contributed by atoms with Crippen molar-refractivity contribution in [3.05, 3.63) is 64.4 Å². The summed E-state index contributed by atoms with van der Waals surface area (Å²) in [7, 11) is 0. The predicted molar refractivity (Wildman–Crippen MR) is 105 cm³/mol. The van der Waals surface area contributed by atoms with Crippen LogP contribution in [-0.4, -0.2) is 6.21 Å². The van der Waals surface area contributed by atoms with Gasteiger partial charge in [-0.1, -0.05) is 29.8 Å². The normalized spacial score (nSPS) is 32.5. The van der Waals surface area contributed by atoms with E-state index in [4.69, 9.17) is 11.6 Å². The first kappa shape index (κ1) is 16.5. The smallest absolute Gasteiger partial charge is 0.133 e. The van der Waals surface area contributed by atoms with Gasteiger partial charge in [-0.3, -0.25) is 4.99 Å². The topological polar surface area (TPSA) is 12.4 Å². The minimum absolute atomic E-state index is 0.341. The molecule has 0 atom stereocenters. The molecule has 0 saturated heterocycles. The van der Waals surface area contributed by atoms with Crippen molar-refractivity contribution in [2.24, 2.45) is 22.7 Å². The zero-order valence-corrected chi connectivity index (χ0v) is 15.6. The fourth-order valence-electron chi connectivity index (χ4n) is 6.14. The number of hydrogen-bond donors (Lipinski definition) is 0. The minimum atomic E-state index is -0.341. The second-order valence-corrected chi connectivity index (χ2v) is 9.05. The van der Waals surface area contributed by atoms with Crippen molar-refractivity contribution < 1.29 is 4.39 Å². The monoisotopic (exact) mass is 367 g/mol. The summed E-state index contributed by atoms with van der Waals surface area (Å²) in [6.07, 6.45) is 10.0. The van der Waals surface area contributed by atoms with Crippen molar-refractivity contribution in [2.75, 3.05) is 0 Å². The standard InChI is InChI=1S/C23H23ClFN/c24-21-2-1-3-22(25)20(21)14-26-19-6-4-18(5-7-19)23-11-15-8-16(12-23)10-17(9-15)13-23/h1-7,14-17H,8-13H2. The average molecular weight is 368 g/mol. The number of rotatable bonds is 3. The lowest BCUT2D eigenvalue weighted by Gasteiger charge is -2.57. The van der Waals surface area contributed by atoms with Gasteiger partial charge in [0, 0.05) is 11.8 Å². The highest BCUT2D eigenvalue weighted by molar-refractivity contribution is 6.33. The molecule has 3 heteroatoms. The van der Waals surface area contributed by atoms with Crippen molar-refractivity contribution >= 4 is 23.5 Å². The third kappa shape index (κ3) is 2.79. The van der Waals surface area contributed by atoms with Crippen LogP contribution in [0.15, 0.2) is 47.5 Å². The summed E-state index contributed by atoms with van der Waals surface area (Å²) in [6.45, 7) is 0. The van der Waals surface area contributed by atoms with E-state index in [0.717, 1.165) is 23.4 Å². The van der Waals surface area contributed by atoms with E-state index in [0.29, 0.717) is 16.0 Å². The van der Waals surface area contributed by atoms with Crippen LogP contribution in [-0.2, 0) is 5.41 Å². The Balaban J connectivity index is 1.39. The van der Waals surface area contributed by atoms with Gasteiger partial charge >= 0.3 is 0 Å². The van der Waals surface area contributed by atoms with Crippen molar-refractivity contribution in [3.8, 4) is 0 Å². The van der Waals surface area contributed by atoms with Gasteiger partial charge in [0.25, 0.3) is 0 Å². The minimum Gasteiger partial charge on any atom is -0.256 e. The lowest BCUT2D eigenvalue weighted by atomic mass is 9.48. The number of halogens is 2. The second kappa shape index (κ2) is 6.20. The van der Waals surface area contributed by atoms with E-state index in [1.165, 1.54) is 56.4 Å². The van der Waals surface area contributed by atoms with E-state index < -0.39 is 0 Å². The maximum atomic E-state index is 13.9. The van der Waals surface area contributed by atoms with Crippen LogP contribution in [0.2, 0.25) is 5.02 Å². The third-order valence-corrected chi connectivity index (χ3v) is 7.19. The summed E-state index contributed by atoms with van der Waals surface area (Å²) >= 11 is 6.07. The SMILES string of the molecule is Fc1cccc(Cl)c1C=Nc1ccc(C23CC4CC(CC(C4)C2)C3)cc1. The second-order valence-electron chi connectivity index (χ2n) is 8.64. The van der Waals surface area contributed by atoms with E-state index >= 15 is 0 Å². The molecular formula is C23H23ClFN. The average Bonchev–Trinajstić information content (AvgIpc) is 2.61. The molecule has 0 heterocycles. The molecule has 4 saturated carbocycles. The highest BCUT2D eigenvalue weighted by Crippen LogP contribution is 2.60. The lowest BCUT2D eigenvalue weighted by Crippen LogP contribution is -2.48. The molecule has 0 aliphatic heterocycles. The number of nitrogens with zero attached hydrogens (tertiary/aromatic N) is 1. The molecule has 2 aromatic carbocycles. The Labute approximate surface area is 159 Å². The van der Waals surface area contributed by atoms with Crippen LogP contribution >= 0.6 is 11.6 Å². The van der Waals surface area contributed by atoms with Crippen molar-refractivity contribution in [3.63, 3.8) is 0 Å². The highest BCUT2D eigenvalue weighted by atomic mass is 35.5. The highest BCUT2D eigenvalue weighted by Gasteiger charge is 2.51. The molecule has 6 rings (SSSR count).